The van der Waals surface area contributed by atoms with Crippen molar-refractivity contribution >= 4 is 11.7 Å². The standard InChI is InChI=1S/C19H26N4O2/c1-12-5-4-9-23-11-13(21-17(12)23)6-8-20-18(24)22-15-14-7-10-25-16(14)19(15,2)3/h4-5,9,11,14-16H,6-8,10H2,1-3H3,(H2,20,22,24). The molecule has 2 fully saturated rings. The molecule has 0 aromatic carbocycles. The van der Waals surface area contributed by atoms with Gasteiger partial charge in [-0.15, -0.1) is 0 Å². The van der Waals surface area contributed by atoms with Gasteiger partial charge in [-0.3, -0.25) is 0 Å². The van der Waals surface area contributed by atoms with Crippen LogP contribution in [-0.2, 0) is 11.2 Å². The van der Waals surface area contributed by atoms with Crippen LogP contribution in [0.15, 0.2) is 24.5 Å². The zero-order chi connectivity index (χ0) is 17.6. The van der Waals surface area contributed by atoms with E-state index in [-0.39, 0.29) is 17.5 Å². The van der Waals surface area contributed by atoms with Crippen molar-refractivity contribution in [1.29, 1.82) is 0 Å². The first-order valence-electron chi connectivity index (χ1n) is 9.06. The van der Waals surface area contributed by atoms with Crippen molar-refractivity contribution < 1.29 is 9.53 Å². The van der Waals surface area contributed by atoms with E-state index in [1.165, 1.54) is 0 Å². The van der Waals surface area contributed by atoms with Crippen molar-refractivity contribution in [2.75, 3.05) is 13.2 Å². The molecule has 134 valence electrons. The lowest BCUT2D eigenvalue weighted by molar-refractivity contribution is -0.108. The number of aryl methyl sites for hydroxylation is 1. The number of carbonyl (C=O) groups is 1. The fourth-order valence-electron chi connectivity index (χ4n) is 4.44. The average molecular weight is 342 g/mol. The Hall–Kier alpha value is -2.08. The first kappa shape index (κ1) is 16.4. The van der Waals surface area contributed by atoms with E-state index in [0.717, 1.165) is 36.4 Å². The molecule has 1 aliphatic heterocycles. The molecule has 0 bridgehead atoms. The largest absolute Gasteiger partial charge is 0.377 e. The number of fused-ring (bicyclic) bond motifs is 2. The molecule has 0 radical (unpaired) electrons. The number of aromatic nitrogens is 2. The molecule has 3 unspecified atom stereocenters. The molecular weight excluding hydrogens is 316 g/mol. The summed E-state index contributed by atoms with van der Waals surface area (Å²) in [5.74, 6) is 0.460. The molecule has 1 aliphatic carbocycles. The number of pyridine rings is 1. The highest BCUT2D eigenvalue weighted by Gasteiger charge is 2.59. The van der Waals surface area contributed by atoms with Crippen molar-refractivity contribution in [3.05, 3.63) is 35.8 Å². The van der Waals surface area contributed by atoms with Gasteiger partial charge in [-0.05, 0) is 25.0 Å². The predicted octanol–water partition coefficient (Wildman–Crippen LogP) is 2.30. The number of ether oxygens (including phenoxy) is 1. The lowest BCUT2D eigenvalue weighted by Crippen LogP contribution is -2.67. The van der Waals surface area contributed by atoms with E-state index in [2.05, 4.69) is 42.5 Å². The molecule has 2 aliphatic rings. The first-order chi connectivity index (χ1) is 12.0. The SMILES string of the molecule is Cc1cccn2cc(CCNC(=O)NC3C4CCOC4C3(C)C)nc12. The van der Waals surface area contributed by atoms with Gasteiger partial charge in [-0.2, -0.15) is 0 Å². The topological polar surface area (TPSA) is 67.7 Å². The van der Waals surface area contributed by atoms with Crippen LogP contribution in [0.5, 0.6) is 0 Å². The van der Waals surface area contributed by atoms with E-state index >= 15 is 0 Å². The van der Waals surface area contributed by atoms with E-state index in [0.29, 0.717) is 18.6 Å². The summed E-state index contributed by atoms with van der Waals surface area (Å²) in [5.41, 5.74) is 3.13. The second-order valence-corrected chi connectivity index (χ2v) is 7.85. The molecule has 4 rings (SSSR count). The number of hydrogen-bond donors (Lipinski definition) is 2. The van der Waals surface area contributed by atoms with E-state index in [9.17, 15) is 4.79 Å². The van der Waals surface area contributed by atoms with E-state index < -0.39 is 0 Å². The van der Waals surface area contributed by atoms with Crippen LogP contribution in [0, 0.1) is 18.3 Å². The normalized spacial score (nSPS) is 26.9. The molecule has 0 spiro atoms. The molecule has 6 heteroatoms. The fourth-order valence-corrected chi connectivity index (χ4v) is 4.44. The van der Waals surface area contributed by atoms with Crippen molar-refractivity contribution in [1.82, 2.24) is 20.0 Å². The number of nitrogens with zero attached hydrogens (tertiary/aromatic N) is 2. The van der Waals surface area contributed by atoms with Gasteiger partial charge in [0.1, 0.15) is 5.65 Å². The number of rotatable bonds is 4. The molecule has 2 amide bonds. The van der Waals surface area contributed by atoms with Crippen molar-refractivity contribution in [2.45, 2.75) is 45.8 Å². The summed E-state index contributed by atoms with van der Waals surface area (Å²) in [5, 5.41) is 6.11. The highest BCUT2D eigenvalue weighted by Crippen LogP contribution is 2.51. The van der Waals surface area contributed by atoms with Crippen molar-refractivity contribution in [3.63, 3.8) is 0 Å². The van der Waals surface area contributed by atoms with Gasteiger partial charge in [-0.1, -0.05) is 19.9 Å². The summed E-state index contributed by atoms with van der Waals surface area (Å²) < 4.78 is 7.80. The molecular formula is C19H26N4O2. The molecule has 1 saturated heterocycles. The lowest BCUT2D eigenvalue weighted by Gasteiger charge is -2.54. The Kier molecular flexibility index (Phi) is 3.95. The second-order valence-electron chi connectivity index (χ2n) is 7.85. The maximum Gasteiger partial charge on any atom is 0.315 e. The summed E-state index contributed by atoms with van der Waals surface area (Å²) >= 11 is 0. The third-order valence-electron chi connectivity index (χ3n) is 5.78. The highest BCUT2D eigenvalue weighted by molar-refractivity contribution is 5.74. The summed E-state index contributed by atoms with van der Waals surface area (Å²) in [4.78, 5) is 16.9. The third kappa shape index (κ3) is 2.78. The first-order valence-corrected chi connectivity index (χ1v) is 9.06. The Labute approximate surface area is 148 Å². The number of urea groups is 1. The Morgan fingerprint density at radius 1 is 1.48 bits per heavy atom. The van der Waals surface area contributed by atoms with Crippen LogP contribution in [0.4, 0.5) is 4.79 Å². The maximum atomic E-state index is 12.3. The average Bonchev–Trinajstić information content (AvgIpc) is 3.18. The zero-order valence-corrected chi connectivity index (χ0v) is 15.1. The molecule has 3 atom stereocenters. The molecule has 25 heavy (non-hydrogen) atoms. The quantitative estimate of drug-likeness (QED) is 0.896. The van der Waals surface area contributed by atoms with Gasteiger partial charge in [0.2, 0.25) is 0 Å². The van der Waals surface area contributed by atoms with Gasteiger partial charge in [0.05, 0.1) is 11.8 Å². The number of nitrogens with one attached hydrogen (secondary N) is 2. The Morgan fingerprint density at radius 2 is 2.32 bits per heavy atom. The van der Waals surface area contributed by atoms with Crippen LogP contribution in [0.3, 0.4) is 0 Å². The number of carbonyl (C=O) groups excluding carboxylic acids is 1. The molecule has 1 saturated carbocycles. The van der Waals surface area contributed by atoms with E-state index in [4.69, 9.17) is 4.74 Å². The Bertz CT molecular complexity index is 798. The van der Waals surface area contributed by atoms with E-state index in [1.807, 2.05) is 22.9 Å². The minimum Gasteiger partial charge on any atom is -0.377 e. The predicted molar refractivity (Wildman–Crippen MR) is 95.6 cm³/mol. The van der Waals surface area contributed by atoms with Crippen LogP contribution < -0.4 is 10.6 Å². The Morgan fingerprint density at radius 3 is 3.12 bits per heavy atom. The minimum atomic E-state index is -0.0941. The fraction of sp³-hybridized carbons (Fsp3) is 0.579. The molecule has 2 aromatic heterocycles. The summed E-state index contributed by atoms with van der Waals surface area (Å²) in [6.07, 6.45) is 6.08. The van der Waals surface area contributed by atoms with Gasteiger partial charge in [0, 0.05) is 49.3 Å². The third-order valence-corrected chi connectivity index (χ3v) is 5.78. The van der Waals surface area contributed by atoms with Gasteiger partial charge in [-0.25, -0.2) is 9.78 Å². The van der Waals surface area contributed by atoms with Crippen LogP contribution in [-0.4, -0.2) is 40.7 Å². The maximum absolute atomic E-state index is 12.3. The zero-order valence-electron chi connectivity index (χ0n) is 15.1. The summed E-state index contributed by atoms with van der Waals surface area (Å²) in [7, 11) is 0. The molecule has 6 nitrogen and oxygen atoms in total. The molecule has 2 N–H and O–H groups in total. The van der Waals surface area contributed by atoms with Crippen molar-refractivity contribution in [3.8, 4) is 0 Å². The molecule has 2 aromatic rings. The van der Waals surface area contributed by atoms with Gasteiger partial charge < -0.3 is 19.8 Å². The van der Waals surface area contributed by atoms with Crippen LogP contribution in [0.1, 0.15) is 31.5 Å². The minimum absolute atomic E-state index is 0.0115. The van der Waals surface area contributed by atoms with Gasteiger partial charge >= 0.3 is 6.03 Å². The van der Waals surface area contributed by atoms with Gasteiger partial charge in [0.25, 0.3) is 0 Å². The highest BCUT2D eigenvalue weighted by atomic mass is 16.5. The van der Waals surface area contributed by atoms with Crippen molar-refractivity contribution in [2.24, 2.45) is 11.3 Å². The van der Waals surface area contributed by atoms with Crippen LogP contribution >= 0.6 is 0 Å². The summed E-state index contributed by atoms with van der Waals surface area (Å²) in [6.45, 7) is 7.78. The number of amides is 2. The second kappa shape index (κ2) is 6.02. The van der Waals surface area contributed by atoms with E-state index in [1.54, 1.807) is 0 Å². The summed E-state index contributed by atoms with van der Waals surface area (Å²) in [6, 6.07) is 4.17. The lowest BCUT2D eigenvalue weighted by atomic mass is 9.57. The molecule has 3 heterocycles. The monoisotopic (exact) mass is 342 g/mol. The van der Waals surface area contributed by atoms with Crippen LogP contribution in [0.2, 0.25) is 0 Å². The number of imidazole rings is 1. The smallest absolute Gasteiger partial charge is 0.315 e. The number of hydrogen-bond acceptors (Lipinski definition) is 3. The Balaban J connectivity index is 1.29. The van der Waals surface area contributed by atoms with Crippen LogP contribution in [0.25, 0.3) is 5.65 Å². The van der Waals surface area contributed by atoms with Gasteiger partial charge in [0.15, 0.2) is 0 Å².